The van der Waals surface area contributed by atoms with Crippen LogP contribution in [0.25, 0.3) is 0 Å². The Balaban J connectivity index is 2.36. The highest BCUT2D eigenvalue weighted by Gasteiger charge is 2.16. The topological polar surface area (TPSA) is 20.3 Å². The molecule has 0 bridgehead atoms. The average molecular weight is 265 g/mol. The van der Waals surface area contributed by atoms with E-state index in [9.17, 15) is 4.79 Å². The molecule has 0 radical (unpaired) electrons. The number of hydrogen-bond donors (Lipinski definition) is 0. The molecular weight excluding hydrogens is 246 g/mol. The largest absolute Gasteiger partial charge is 0.305 e. The van der Waals surface area contributed by atoms with Crippen molar-refractivity contribution in [3.63, 3.8) is 0 Å². The molecular formula is C18H19NO. The van der Waals surface area contributed by atoms with E-state index in [1.54, 1.807) is 11.0 Å². The monoisotopic (exact) mass is 265 g/mol. The Hall–Kier alpha value is -2.35. The van der Waals surface area contributed by atoms with Crippen molar-refractivity contribution in [1.82, 2.24) is 0 Å². The fraction of sp³-hybridized carbons (Fsp3) is 0.167. The molecule has 0 aliphatic heterocycles. The molecule has 2 aromatic carbocycles. The maximum absolute atomic E-state index is 12.7. The van der Waals surface area contributed by atoms with Gasteiger partial charge in [0.2, 0.25) is 0 Å². The summed E-state index contributed by atoms with van der Waals surface area (Å²) in [7, 11) is 0. The van der Waals surface area contributed by atoms with E-state index in [0.717, 1.165) is 11.3 Å². The lowest BCUT2D eigenvalue weighted by Crippen LogP contribution is -2.31. The number of carbonyl (C=O) groups excluding carboxylic acids is 1. The van der Waals surface area contributed by atoms with E-state index in [4.69, 9.17) is 0 Å². The van der Waals surface area contributed by atoms with E-state index in [2.05, 4.69) is 6.58 Å². The van der Waals surface area contributed by atoms with Gasteiger partial charge < -0.3 is 4.90 Å². The number of carbonyl (C=O) groups is 1. The number of nitrogens with zero attached hydrogens (tertiary/aromatic N) is 1. The van der Waals surface area contributed by atoms with Crippen LogP contribution in [0.15, 0.2) is 61.2 Å². The molecule has 0 fully saturated rings. The standard InChI is InChI=1S/C18H19NO/c1-4-12-19(17-8-6-5-7-9-17)18(20)16-11-10-14(2)15(3)13-16/h4-11,13H,1,12H2,2-3H3. The maximum atomic E-state index is 12.7. The number of amides is 1. The van der Waals surface area contributed by atoms with Crippen LogP contribution in [0.1, 0.15) is 21.5 Å². The zero-order valence-corrected chi connectivity index (χ0v) is 12.0. The third-order valence-electron chi connectivity index (χ3n) is 3.38. The van der Waals surface area contributed by atoms with E-state index in [0.29, 0.717) is 12.1 Å². The quantitative estimate of drug-likeness (QED) is 0.761. The average Bonchev–Trinajstić information content (AvgIpc) is 2.48. The molecule has 0 aromatic heterocycles. The molecule has 0 N–H and O–H groups in total. The van der Waals surface area contributed by atoms with Crippen molar-refractivity contribution in [2.24, 2.45) is 0 Å². The van der Waals surface area contributed by atoms with Gasteiger partial charge in [0.25, 0.3) is 5.91 Å². The van der Waals surface area contributed by atoms with Gasteiger partial charge in [-0.1, -0.05) is 30.3 Å². The first-order chi connectivity index (χ1) is 9.63. The highest BCUT2D eigenvalue weighted by Crippen LogP contribution is 2.18. The summed E-state index contributed by atoms with van der Waals surface area (Å²) in [4.78, 5) is 14.4. The third kappa shape index (κ3) is 2.97. The summed E-state index contributed by atoms with van der Waals surface area (Å²) in [5.41, 5.74) is 3.91. The number of benzene rings is 2. The molecule has 2 rings (SSSR count). The van der Waals surface area contributed by atoms with Crippen LogP contribution in [0.2, 0.25) is 0 Å². The minimum absolute atomic E-state index is 0.000741. The molecule has 0 spiro atoms. The van der Waals surface area contributed by atoms with E-state index in [1.807, 2.05) is 62.4 Å². The minimum atomic E-state index is -0.000741. The second-order valence-corrected chi connectivity index (χ2v) is 4.84. The maximum Gasteiger partial charge on any atom is 0.258 e. The summed E-state index contributed by atoms with van der Waals surface area (Å²) < 4.78 is 0. The smallest absolute Gasteiger partial charge is 0.258 e. The SMILES string of the molecule is C=CCN(C(=O)c1ccc(C)c(C)c1)c1ccccc1. The summed E-state index contributed by atoms with van der Waals surface area (Å²) in [6.07, 6.45) is 1.74. The number of rotatable bonds is 4. The van der Waals surface area contributed by atoms with Gasteiger partial charge in [-0.3, -0.25) is 4.79 Å². The van der Waals surface area contributed by atoms with E-state index >= 15 is 0 Å². The van der Waals surface area contributed by atoms with Crippen molar-refractivity contribution in [2.45, 2.75) is 13.8 Å². The van der Waals surface area contributed by atoms with Crippen molar-refractivity contribution in [1.29, 1.82) is 0 Å². The molecule has 0 unspecified atom stereocenters. The lowest BCUT2D eigenvalue weighted by Gasteiger charge is -2.21. The van der Waals surface area contributed by atoms with Gasteiger partial charge in [0.15, 0.2) is 0 Å². The molecule has 20 heavy (non-hydrogen) atoms. The van der Waals surface area contributed by atoms with Gasteiger partial charge >= 0.3 is 0 Å². The highest BCUT2D eigenvalue weighted by atomic mass is 16.2. The van der Waals surface area contributed by atoms with Gasteiger partial charge in [-0.25, -0.2) is 0 Å². The first kappa shape index (κ1) is 14.1. The molecule has 2 nitrogen and oxygen atoms in total. The summed E-state index contributed by atoms with van der Waals surface area (Å²) in [5, 5.41) is 0. The molecule has 102 valence electrons. The van der Waals surface area contributed by atoms with Gasteiger partial charge in [-0.2, -0.15) is 0 Å². The van der Waals surface area contributed by atoms with Crippen LogP contribution in [-0.2, 0) is 0 Å². The third-order valence-corrected chi connectivity index (χ3v) is 3.38. The number of hydrogen-bond acceptors (Lipinski definition) is 1. The molecule has 0 saturated heterocycles. The van der Waals surface area contributed by atoms with Gasteiger partial charge in [0.1, 0.15) is 0 Å². The molecule has 0 heterocycles. The van der Waals surface area contributed by atoms with E-state index < -0.39 is 0 Å². The number of anilines is 1. The number of para-hydroxylation sites is 1. The van der Waals surface area contributed by atoms with Gasteiger partial charge in [-0.15, -0.1) is 6.58 Å². The van der Waals surface area contributed by atoms with Crippen molar-refractivity contribution in [3.05, 3.63) is 77.9 Å². The van der Waals surface area contributed by atoms with Crippen molar-refractivity contribution < 1.29 is 4.79 Å². The van der Waals surface area contributed by atoms with Crippen LogP contribution in [0.5, 0.6) is 0 Å². The second kappa shape index (κ2) is 6.20. The van der Waals surface area contributed by atoms with Crippen LogP contribution < -0.4 is 4.90 Å². The van der Waals surface area contributed by atoms with E-state index in [1.165, 1.54) is 5.56 Å². The predicted molar refractivity (Wildman–Crippen MR) is 84.2 cm³/mol. The van der Waals surface area contributed by atoms with Crippen LogP contribution in [0.3, 0.4) is 0 Å². The molecule has 2 heteroatoms. The van der Waals surface area contributed by atoms with Crippen molar-refractivity contribution in [3.8, 4) is 0 Å². The van der Waals surface area contributed by atoms with Crippen LogP contribution >= 0.6 is 0 Å². The minimum Gasteiger partial charge on any atom is -0.305 e. The Labute approximate surface area is 120 Å². The fourth-order valence-electron chi connectivity index (χ4n) is 2.07. The first-order valence-corrected chi connectivity index (χ1v) is 6.68. The molecule has 0 aliphatic rings. The lowest BCUT2D eigenvalue weighted by atomic mass is 10.1. The van der Waals surface area contributed by atoms with Crippen LogP contribution in [0.4, 0.5) is 5.69 Å². The van der Waals surface area contributed by atoms with Gasteiger partial charge in [0, 0.05) is 17.8 Å². The Bertz CT molecular complexity index is 617. The summed E-state index contributed by atoms with van der Waals surface area (Å²) in [6.45, 7) is 8.30. The fourth-order valence-corrected chi connectivity index (χ4v) is 2.07. The lowest BCUT2D eigenvalue weighted by molar-refractivity contribution is 0.0989. The van der Waals surface area contributed by atoms with Gasteiger partial charge in [-0.05, 0) is 49.2 Å². The zero-order chi connectivity index (χ0) is 14.5. The molecule has 0 atom stereocenters. The molecule has 0 saturated carbocycles. The zero-order valence-electron chi connectivity index (χ0n) is 12.0. The Morgan fingerprint density at radius 2 is 1.80 bits per heavy atom. The normalized spacial score (nSPS) is 10.1. The number of aryl methyl sites for hydroxylation is 2. The van der Waals surface area contributed by atoms with Crippen LogP contribution in [0, 0.1) is 13.8 Å². The summed E-state index contributed by atoms with van der Waals surface area (Å²) in [5.74, 6) is -0.000741. The second-order valence-electron chi connectivity index (χ2n) is 4.84. The van der Waals surface area contributed by atoms with E-state index in [-0.39, 0.29) is 5.91 Å². The molecule has 0 aliphatic carbocycles. The first-order valence-electron chi connectivity index (χ1n) is 6.68. The molecule has 1 amide bonds. The highest BCUT2D eigenvalue weighted by molar-refractivity contribution is 6.06. The summed E-state index contributed by atoms with van der Waals surface area (Å²) in [6, 6.07) is 15.5. The van der Waals surface area contributed by atoms with Crippen LogP contribution in [-0.4, -0.2) is 12.5 Å². The van der Waals surface area contributed by atoms with Crippen molar-refractivity contribution >= 4 is 11.6 Å². The Morgan fingerprint density at radius 3 is 2.40 bits per heavy atom. The Kier molecular flexibility index (Phi) is 4.36. The molecule has 2 aromatic rings. The van der Waals surface area contributed by atoms with Crippen molar-refractivity contribution in [2.75, 3.05) is 11.4 Å². The Morgan fingerprint density at radius 1 is 1.10 bits per heavy atom. The van der Waals surface area contributed by atoms with Gasteiger partial charge in [0.05, 0.1) is 0 Å². The summed E-state index contributed by atoms with van der Waals surface area (Å²) >= 11 is 0. The predicted octanol–water partition coefficient (Wildman–Crippen LogP) is 4.14.